The summed E-state index contributed by atoms with van der Waals surface area (Å²) in [5, 5.41) is 3.54. The van der Waals surface area contributed by atoms with Crippen molar-refractivity contribution in [2.75, 3.05) is 6.54 Å². The predicted octanol–water partition coefficient (Wildman–Crippen LogP) is 3.12. The summed E-state index contributed by atoms with van der Waals surface area (Å²) in [5.41, 5.74) is 6.45. The van der Waals surface area contributed by atoms with E-state index in [1.807, 2.05) is 0 Å². The largest absolute Gasteiger partial charge is 0.327 e. The van der Waals surface area contributed by atoms with Crippen LogP contribution in [0.3, 0.4) is 0 Å². The van der Waals surface area contributed by atoms with Gasteiger partial charge in [-0.3, -0.25) is 0 Å². The maximum Gasteiger partial charge on any atom is 0.0701 e. The molecule has 0 amide bonds. The zero-order valence-corrected chi connectivity index (χ0v) is 12.0. The number of thiophene rings is 1. The SMILES string of the molecule is CC1(CNCc2ccc(Br)s2)CCCC1N. The van der Waals surface area contributed by atoms with E-state index in [4.69, 9.17) is 5.73 Å². The molecule has 0 saturated heterocycles. The number of rotatable bonds is 4. The van der Waals surface area contributed by atoms with Gasteiger partial charge in [-0.2, -0.15) is 0 Å². The first kappa shape index (κ1) is 12.6. The van der Waals surface area contributed by atoms with Crippen molar-refractivity contribution in [2.45, 2.75) is 38.8 Å². The molecule has 2 unspecified atom stereocenters. The highest BCUT2D eigenvalue weighted by atomic mass is 79.9. The highest BCUT2D eigenvalue weighted by Gasteiger charge is 2.35. The van der Waals surface area contributed by atoms with Crippen LogP contribution in [0.2, 0.25) is 0 Å². The summed E-state index contributed by atoms with van der Waals surface area (Å²) in [6.07, 6.45) is 3.72. The maximum absolute atomic E-state index is 6.15. The van der Waals surface area contributed by atoms with Crippen molar-refractivity contribution < 1.29 is 0 Å². The van der Waals surface area contributed by atoms with Crippen LogP contribution in [0.25, 0.3) is 0 Å². The monoisotopic (exact) mass is 302 g/mol. The third-order valence-electron chi connectivity index (χ3n) is 3.62. The molecule has 1 aliphatic rings. The van der Waals surface area contributed by atoms with Crippen LogP contribution in [0, 0.1) is 5.41 Å². The van der Waals surface area contributed by atoms with Crippen LogP contribution in [0.5, 0.6) is 0 Å². The minimum atomic E-state index is 0.300. The maximum atomic E-state index is 6.15. The van der Waals surface area contributed by atoms with Crippen molar-refractivity contribution in [3.63, 3.8) is 0 Å². The smallest absolute Gasteiger partial charge is 0.0701 e. The number of hydrogen-bond acceptors (Lipinski definition) is 3. The second-order valence-corrected chi connectivity index (χ2v) is 7.51. The highest BCUT2D eigenvalue weighted by molar-refractivity contribution is 9.11. The van der Waals surface area contributed by atoms with Crippen LogP contribution in [0.15, 0.2) is 15.9 Å². The van der Waals surface area contributed by atoms with Crippen LogP contribution in [-0.2, 0) is 6.54 Å². The molecule has 1 aliphatic carbocycles. The van der Waals surface area contributed by atoms with Crippen LogP contribution < -0.4 is 11.1 Å². The first-order chi connectivity index (χ1) is 7.60. The number of halogens is 1. The molecule has 0 aliphatic heterocycles. The number of nitrogens with two attached hydrogens (primary N) is 1. The summed E-state index contributed by atoms with van der Waals surface area (Å²) in [6.45, 7) is 4.30. The van der Waals surface area contributed by atoms with E-state index in [9.17, 15) is 0 Å². The molecule has 1 aromatic rings. The van der Waals surface area contributed by atoms with Crippen molar-refractivity contribution in [2.24, 2.45) is 11.1 Å². The first-order valence-corrected chi connectivity index (χ1v) is 7.42. The van der Waals surface area contributed by atoms with E-state index in [0.717, 1.165) is 13.1 Å². The minimum absolute atomic E-state index is 0.300. The van der Waals surface area contributed by atoms with E-state index in [-0.39, 0.29) is 0 Å². The van der Waals surface area contributed by atoms with Gasteiger partial charge >= 0.3 is 0 Å². The van der Waals surface area contributed by atoms with Gasteiger partial charge in [0.15, 0.2) is 0 Å². The molecule has 1 aromatic heterocycles. The highest BCUT2D eigenvalue weighted by Crippen LogP contribution is 2.36. The van der Waals surface area contributed by atoms with E-state index < -0.39 is 0 Å². The Kier molecular flexibility index (Phi) is 4.06. The lowest BCUT2D eigenvalue weighted by Crippen LogP contribution is -2.42. The standard InChI is InChI=1S/C12H19BrN2S/c1-12(6-2-3-10(12)14)8-15-7-9-4-5-11(13)16-9/h4-5,10,15H,2-3,6-8,14H2,1H3. The summed E-state index contributed by atoms with van der Waals surface area (Å²) in [7, 11) is 0. The van der Waals surface area contributed by atoms with Gasteiger partial charge in [0.2, 0.25) is 0 Å². The Morgan fingerprint density at radius 2 is 2.44 bits per heavy atom. The molecule has 2 nitrogen and oxygen atoms in total. The Labute approximate surface area is 110 Å². The van der Waals surface area contributed by atoms with Gasteiger partial charge in [-0.25, -0.2) is 0 Å². The van der Waals surface area contributed by atoms with Crippen molar-refractivity contribution >= 4 is 27.3 Å². The topological polar surface area (TPSA) is 38.0 Å². The zero-order chi connectivity index (χ0) is 11.6. The number of hydrogen-bond donors (Lipinski definition) is 2. The van der Waals surface area contributed by atoms with Gasteiger partial charge < -0.3 is 11.1 Å². The molecule has 0 spiro atoms. The fraction of sp³-hybridized carbons (Fsp3) is 0.667. The molecule has 3 N–H and O–H groups in total. The second-order valence-electron chi connectivity index (χ2n) is 4.96. The van der Waals surface area contributed by atoms with Crippen LogP contribution in [0.1, 0.15) is 31.1 Å². The van der Waals surface area contributed by atoms with E-state index in [2.05, 4.69) is 40.3 Å². The van der Waals surface area contributed by atoms with Crippen LogP contribution >= 0.6 is 27.3 Å². The normalized spacial score (nSPS) is 29.8. The van der Waals surface area contributed by atoms with Gasteiger partial charge in [0.05, 0.1) is 3.79 Å². The van der Waals surface area contributed by atoms with Gasteiger partial charge in [-0.05, 0) is 46.3 Å². The van der Waals surface area contributed by atoms with Crippen molar-refractivity contribution in [1.29, 1.82) is 0 Å². The second kappa shape index (κ2) is 5.17. The predicted molar refractivity (Wildman–Crippen MR) is 73.7 cm³/mol. The van der Waals surface area contributed by atoms with Gasteiger partial charge in [0, 0.05) is 24.0 Å². The molecule has 1 fully saturated rings. The summed E-state index contributed by atoms with van der Waals surface area (Å²) < 4.78 is 1.20. The Bertz CT molecular complexity index is 353. The third-order valence-corrected chi connectivity index (χ3v) is 5.24. The zero-order valence-electron chi connectivity index (χ0n) is 9.63. The average molecular weight is 303 g/mol. The Hall–Kier alpha value is 0.1000. The van der Waals surface area contributed by atoms with Gasteiger partial charge in [-0.1, -0.05) is 13.3 Å². The molecule has 0 aromatic carbocycles. The molecule has 16 heavy (non-hydrogen) atoms. The Morgan fingerprint density at radius 3 is 3.00 bits per heavy atom. The number of nitrogens with one attached hydrogen (secondary N) is 1. The van der Waals surface area contributed by atoms with Crippen molar-refractivity contribution in [3.8, 4) is 0 Å². The summed E-state index contributed by atoms with van der Waals surface area (Å²) in [4.78, 5) is 1.38. The van der Waals surface area contributed by atoms with E-state index in [1.165, 1.54) is 27.9 Å². The summed E-state index contributed by atoms with van der Waals surface area (Å²) >= 11 is 5.27. The quantitative estimate of drug-likeness (QED) is 0.897. The molecular weight excluding hydrogens is 284 g/mol. The Balaban J connectivity index is 1.79. The molecule has 4 heteroatoms. The lowest BCUT2D eigenvalue weighted by atomic mass is 9.85. The van der Waals surface area contributed by atoms with Gasteiger partial charge in [-0.15, -0.1) is 11.3 Å². The third kappa shape index (κ3) is 2.86. The van der Waals surface area contributed by atoms with Crippen LogP contribution in [0.4, 0.5) is 0 Å². The molecule has 0 bridgehead atoms. The molecule has 0 radical (unpaired) electrons. The molecule has 1 heterocycles. The first-order valence-electron chi connectivity index (χ1n) is 5.81. The summed E-state index contributed by atoms with van der Waals surface area (Å²) in [5.74, 6) is 0. The molecular formula is C12H19BrN2S. The molecule has 2 atom stereocenters. The lowest BCUT2D eigenvalue weighted by Gasteiger charge is -2.29. The lowest BCUT2D eigenvalue weighted by molar-refractivity contribution is 0.277. The summed E-state index contributed by atoms with van der Waals surface area (Å²) in [6, 6.07) is 4.64. The fourth-order valence-electron chi connectivity index (χ4n) is 2.40. The molecule has 1 saturated carbocycles. The van der Waals surface area contributed by atoms with Crippen molar-refractivity contribution in [1.82, 2.24) is 5.32 Å². The van der Waals surface area contributed by atoms with Crippen LogP contribution in [-0.4, -0.2) is 12.6 Å². The van der Waals surface area contributed by atoms with Gasteiger partial charge in [0.25, 0.3) is 0 Å². The fourth-order valence-corrected chi connectivity index (χ4v) is 3.85. The molecule has 90 valence electrons. The van der Waals surface area contributed by atoms with Gasteiger partial charge in [0.1, 0.15) is 0 Å². The van der Waals surface area contributed by atoms with E-state index in [0.29, 0.717) is 11.5 Å². The molecule has 2 rings (SSSR count). The van der Waals surface area contributed by atoms with Crippen molar-refractivity contribution in [3.05, 3.63) is 20.8 Å². The average Bonchev–Trinajstić information content (AvgIpc) is 2.76. The minimum Gasteiger partial charge on any atom is -0.327 e. The van der Waals surface area contributed by atoms with E-state index in [1.54, 1.807) is 11.3 Å². The Morgan fingerprint density at radius 1 is 1.62 bits per heavy atom. The van der Waals surface area contributed by atoms with E-state index >= 15 is 0 Å².